The Labute approximate surface area is 121 Å². The first-order valence-electron chi connectivity index (χ1n) is 7.24. The highest BCUT2D eigenvalue weighted by atomic mass is 16.6. The molecule has 4 rings (SSSR count). The number of carbonyl (C=O) groups excluding carboxylic acids is 4. The lowest BCUT2D eigenvalue weighted by molar-refractivity contribution is -0.158. The van der Waals surface area contributed by atoms with Gasteiger partial charge in [0.2, 0.25) is 5.60 Å². The van der Waals surface area contributed by atoms with E-state index in [-0.39, 0.29) is 11.6 Å². The fourth-order valence-corrected chi connectivity index (χ4v) is 4.52. The highest BCUT2D eigenvalue weighted by molar-refractivity contribution is 6.20. The Kier molecular flexibility index (Phi) is 2.26. The predicted molar refractivity (Wildman–Crippen MR) is 68.9 cm³/mol. The number of allylic oxidation sites excluding steroid dienone is 2. The molecule has 2 unspecified atom stereocenters. The maximum Gasteiger partial charge on any atom is 0.265 e. The van der Waals surface area contributed by atoms with Crippen LogP contribution in [0.2, 0.25) is 0 Å². The Balaban J connectivity index is 1.98. The van der Waals surface area contributed by atoms with E-state index in [1.807, 2.05) is 0 Å². The topological polar surface area (TPSA) is 80.8 Å². The van der Waals surface area contributed by atoms with Crippen LogP contribution in [0.15, 0.2) is 12.2 Å². The van der Waals surface area contributed by atoms with E-state index in [9.17, 15) is 19.2 Å². The molecular weight excluding hydrogens is 274 g/mol. The summed E-state index contributed by atoms with van der Waals surface area (Å²) in [5.41, 5.74) is -2.88. The molecule has 3 fully saturated rings. The van der Waals surface area contributed by atoms with Gasteiger partial charge in [0.1, 0.15) is 0 Å². The third kappa shape index (κ3) is 1.19. The lowest BCUT2D eigenvalue weighted by Crippen LogP contribution is -2.65. The van der Waals surface area contributed by atoms with Crippen molar-refractivity contribution in [2.24, 2.45) is 11.8 Å². The van der Waals surface area contributed by atoms with Crippen LogP contribution in [-0.2, 0) is 23.9 Å². The summed E-state index contributed by atoms with van der Waals surface area (Å²) in [5.74, 6) is -3.23. The molecule has 0 radical (unpaired) electrons. The Morgan fingerprint density at radius 3 is 2.52 bits per heavy atom. The van der Waals surface area contributed by atoms with E-state index < -0.39 is 34.9 Å². The van der Waals surface area contributed by atoms with Crippen LogP contribution < -0.4 is 0 Å². The number of ketones is 3. The number of fused-ring (bicyclic) bond motifs is 3. The van der Waals surface area contributed by atoms with Crippen LogP contribution in [0.3, 0.4) is 0 Å². The van der Waals surface area contributed by atoms with Gasteiger partial charge in [-0.1, -0.05) is 0 Å². The molecular formula is C15H15NO5. The van der Waals surface area contributed by atoms with Gasteiger partial charge in [-0.25, -0.2) is 0 Å². The van der Waals surface area contributed by atoms with Gasteiger partial charge >= 0.3 is 0 Å². The zero-order valence-corrected chi connectivity index (χ0v) is 11.6. The average molecular weight is 289 g/mol. The molecule has 6 heteroatoms. The molecule has 21 heavy (non-hydrogen) atoms. The molecule has 2 bridgehead atoms. The van der Waals surface area contributed by atoms with E-state index in [4.69, 9.17) is 4.74 Å². The Morgan fingerprint density at radius 2 is 1.86 bits per heavy atom. The maximum absolute atomic E-state index is 12.8. The lowest BCUT2D eigenvalue weighted by Gasteiger charge is -2.46. The molecule has 3 saturated heterocycles. The Bertz CT molecular complexity index is 638. The molecule has 0 N–H and O–H groups in total. The SMILES string of the molecule is CC(=O)C12OC3(CCCCN3C1=O)[C@@H]1C(=O)C=CC(=O)[C@@H]12. The van der Waals surface area contributed by atoms with Gasteiger partial charge in [-0.3, -0.25) is 19.2 Å². The summed E-state index contributed by atoms with van der Waals surface area (Å²) in [6, 6.07) is 0. The van der Waals surface area contributed by atoms with Crippen molar-refractivity contribution in [2.75, 3.05) is 6.54 Å². The summed E-state index contributed by atoms with van der Waals surface area (Å²) in [5, 5.41) is 0. The van der Waals surface area contributed by atoms with Gasteiger partial charge in [0, 0.05) is 6.54 Å². The van der Waals surface area contributed by atoms with E-state index in [0.717, 1.165) is 12.8 Å². The van der Waals surface area contributed by atoms with Gasteiger partial charge in [0.05, 0.1) is 11.8 Å². The van der Waals surface area contributed by atoms with Crippen LogP contribution in [0.4, 0.5) is 0 Å². The molecule has 3 heterocycles. The van der Waals surface area contributed by atoms with E-state index in [1.165, 1.54) is 24.0 Å². The van der Waals surface area contributed by atoms with Crippen LogP contribution >= 0.6 is 0 Å². The van der Waals surface area contributed by atoms with Crippen molar-refractivity contribution in [2.45, 2.75) is 37.5 Å². The minimum absolute atomic E-state index is 0.220. The second kappa shape index (κ2) is 3.68. The molecule has 1 aliphatic carbocycles. The highest BCUT2D eigenvalue weighted by Gasteiger charge is 2.80. The van der Waals surface area contributed by atoms with Gasteiger partial charge in [0.15, 0.2) is 23.1 Å². The molecule has 0 saturated carbocycles. The minimum atomic E-state index is -1.79. The fourth-order valence-electron chi connectivity index (χ4n) is 4.52. The number of hydrogen-bond acceptors (Lipinski definition) is 5. The molecule has 110 valence electrons. The van der Waals surface area contributed by atoms with Gasteiger partial charge in [-0.05, 0) is 38.3 Å². The van der Waals surface area contributed by atoms with Crippen molar-refractivity contribution in [3.05, 3.63) is 12.2 Å². The molecule has 1 spiro atoms. The predicted octanol–water partition coefficient (Wildman–Crippen LogP) is 0.00720. The summed E-state index contributed by atoms with van der Waals surface area (Å²) in [7, 11) is 0. The third-order valence-electron chi connectivity index (χ3n) is 5.33. The summed E-state index contributed by atoms with van der Waals surface area (Å²) in [6.45, 7) is 1.74. The number of ether oxygens (including phenoxy) is 1. The zero-order chi connectivity index (χ0) is 15.0. The number of nitrogens with zero attached hydrogens (tertiary/aromatic N) is 1. The number of hydrogen-bond donors (Lipinski definition) is 0. The molecule has 4 atom stereocenters. The standard InChI is InChI=1S/C15H15NO5/c1-8(17)15-12-10(19)5-4-9(18)11(12)14(21-15)6-2-3-7-16(14)13(15)20/h4-5,11-12H,2-3,6-7H2,1H3/t11-,12+,14?,15?/m1/s1. The number of Topliss-reactive ketones (excluding diaryl/α,β-unsaturated/α-hetero) is 1. The second-order valence-corrected chi connectivity index (χ2v) is 6.25. The van der Waals surface area contributed by atoms with Crippen LogP contribution in [0.25, 0.3) is 0 Å². The monoisotopic (exact) mass is 289 g/mol. The van der Waals surface area contributed by atoms with E-state index in [1.54, 1.807) is 0 Å². The number of rotatable bonds is 1. The summed E-state index contributed by atoms with van der Waals surface area (Å²) < 4.78 is 5.96. The van der Waals surface area contributed by atoms with E-state index in [0.29, 0.717) is 13.0 Å². The molecule has 3 aliphatic heterocycles. The summed E-state index contributed by atoms with van der Waals surface area (Å²) >= 11 is 0. The largest absolute Gasteiger partial charge is 0.330 e. The first kappa shape index (κ1) is 12.9. The second-order valence-electron chi connectivity index (χ2n) is 6.25. The van der Waals surface area contributed by atoms with Crippen LogP contribution in [-0.4, -0.2) is 46.0 Å². The Hall–Kier alpha value is -1.82. The van der Waals surface area contributed by atoms with Crippen LogP contribution in [0, 0.1) is 11.8 Å². The van der Waals surface area contributed by atoms with Gasteiger partial charge in [0.25, 0.3) is 5.91 Å². The van der Waals surface area contributed by atoms with Crippen LogP contribution in [0.5, 0.6) is 0 Å². The van der Waals surface area contributed by atoms with Crippen molar-refractivity contribution >= 4 is 23.3 Å². The molecule has 4 aliphatic rings. The summed E-state index contributed by atoms with van der Waals surface area (Å²) in [6.07, 6.45) is 4.57. The Morgan fingerprint density at radius 1 is 1.19 bits per heavy atom. The van der Waals surface area contributed by atoms with Crippen LogP contribution in [0.1, 0.15) is 26.2 Å². The smallest absolute Gasteiger partial charge is 0.265 e. The van der Waals surface area contributed by atoms with Crippen molar-refractivity contribution < 1.29 is 23.9 Å². The first-order chi connectivity index (χ1) is 9.95. The minimum Gasteiger partial charge on any atom is -0.330 e. The van der Waals surface area contributed by atoms with E-state index >= 15 is 0 Å². The quantitative estimate of drug-likeness (QED) is 0.635. The first-order valence-corrected chi connectivity index (χ1v) is 7.24. The molecule has 0 aromatic heterocycles. The van der Waals surface area contributed by atoms with Gasteiger partial charge in [-0.2, -0.15) is 0 Å². The van der Waals surface area contributed by atoms with E-state index in [2.05, 4.69) is 0 Å². The fraction of sp³-hybridized carbons (Fsp3) is 0.600. The normalized spacial score (nSPS) is 44.0. The van der Waals surface area contributed by atoms with Crippen molar-refractivity contribution in [1.29, 1.82) is 0 Å². The van der Waals surface area contributed by atoms with Crippen molar-refractivity contribution in [3.63, 3.8) is 0 Å². The number of piperidine rings is 2. The average Bonchev–Trinajstić information content (AvgIpc) is 2.90. The molecule has 6 nitrogen and oxygen atoms in total. The van der Waals surface area contributed by atoms with Gasteiger partial charge in [-0.15, -0.1) is 0 Å². The lowest BCUT2D eigenvalue weighted by atomic mass is 9.64. The van der Waals surface area contributed by atoms with Gasteiger partial charge < -0.3 is 9.64 Å². The number of amides is 1. The molecule has 0 aromatic carbocycles. The highest BCUT2D eigenvalue weighted by Crippen LogP contribution is 2.60. The zero-order valence-electron chi connectivity index (χ0n) is 11.6. The van der Waals surface area contributed by atoms with Crippen molar-refractivity contribution in [3.8, 4) is 0 Å². The molecule has 0 aromatic rings. The van der Waals surface area contributed by atoms with Crippen molar-refractivity contribution in [1.82, 2.24) is 4.90 Å². The maximum atomic E-state index is 12.8. The third-order valence-corrected chi connectivity index (χ3v) is 5.33. The molecule has 1 amide bonds. The summed E-state index contributed by atoms with van der Waals surface area (Å²) in [4.78, 5) is 51.2. The number of carbonyl (C=O) groups is 4.